The molecule has 2 amide bonds. The van der Waals surface area contributed by atoms with E-state index in [1.54, 1.807) is 30.3 Å². The Bertz CT molecular complexity index is 818. The number of rotatable bonds is 5. The van der Waals surface area contributed by atoms with Gasteiger partial charge in [-0.25, -0.2) is 5.43 Å². The quantitative estimate of drug-likeness (QED) is 0.626. The summed E-state index contributed by atoms with van der Waals surface area (Å²) in [5.74, 6) is -1.12. The van der Waals surface area contributed by atoms with Crippen molar-refractivity contribution in [2.45, 2.75) is 19.5 Å². The second kappa shape index (κ2) is 8.28. The molecule has 0 aliphatic carbocycles. The summed E-state index contributed by atoms with van der Waals surface area (Å²) in [5, 5.41) is 6.00. The summed E-state index contributed by atoms with van der Waals surface area (Å²) in [4.78, 5) is 23.8. The van der Waals surface area contributed by atoms with Gasteiger partial charge < -0.3 is 5.32 Å². The van der Waals surface area contributed by atoms with E-state index in [0.29, 0.717) is 5.56 Å². The van der Waals surface area contributed by atoms with E-state index in [9.17, 15) is 22.8 Å². The number of hydrogen-bond donors (Lipinski definition) is 2. The zero-order valence-electron chi connectivity index (χ0n) is 13.8. The SMILES string of the molecule is C/C(CC(=O)Nc1ccccc1C(F)(F)F)=N\NC(=O)c1ccccc1. The minimum absolute atomic E-state index is 0.247. The van der Waals surface area contributed by atoms with E-state index in [0.717, 1.165) is 6.07 Å². The molecular formula is C18H16F3N3O2. The first kappa shape index (κ1) is 19.2. The summed E-state index contributed by atoms with van der Waals surface area (Å²) < 4.78 is 38.7. The second-order valence-corrected chi connectivity index (χ2v) is 5.42. The van der Waals surface area contributed by atoms with Crippen LogP contribution in [0.1, 0.15) is 29.3 Å². The Kier molecular flexibility index (Phi) is 6.11. The van der Waals surface area contributed by atoms with Gasteiger partial charge in [-0.15, -0.1) is 0 Å². The van der Waals surface area contributed by atoms with Gasteiger partial charge in [-0.1, -0.05) is 30.3 Å². The number of carbonyl (C=O) groups excluding carboxylic acids is 2. The Balaban J connectivity index is 1.97. The van der Waals surface area contributed by atoms with Crippen LogP contribution in [0.3, 0.4) is 0 Å². The number of para-hydroxylation sites is 1. The molecule has 0 fully saturated rings. The van der Waals surface area contributed by atoms with Crippen LogP contribution in [0.5, 0.6) is 0 Å². The van der Waals surface area contributed by atoms with Gasteiger partial charge >= 0.3 is 6.18 Å². The third-order valence-corrected chi connectivity index (χ3v) is 3.31. The number of carbonyl (C=O) groups is 2. The number of anilines is 1. The lowest BCUT2D eigenvalue weighted by atomic mass is 10.1. The van der Waals surface area contributed by atoms with Crippen LogP contribution >= 0.6 is 0 Å². The van der Waals surface area contributed by atoms with Gasteiger partial charge in [0.1, 0.15) is 0 Å². The summed E-state index contributed by atoms with van der Waals surface area (Å²) in [6, 6.07) is 13.0. The van der Waals surface area contributed by atoms with Gasteiger partial charge in [-0.05, 0) is 31.2 Å². The molecule has 0 heterocycles. The Morgan fingerprint density at radius 2 is 1.62 bits per heavy atom. The number of hydrazone groups is 1. The van der Waals surface area contributed by atoms with Crippen molar-refractivity contribution in [3.05, 3.63) is 65.7 Å². The summed E-state index contributed by atoms with van der Waals surface area (Å²) in [7, 11) is 0. The minimum atomic E-state index is -4.57. The first-order valence-electron chi connectivity index (χ1n) is 7.62. The molecule has 0 saturated carbocycles. The molecular weight excluding hydrogens is 347 g/mol. The van der Waals surface area contributed by atoms with Crippen molar-refractivity contribution < 1.29 is 22.8 Å². The maximum atomic E-state index is 12.9. The maximum absolute atomic E-state index is 12.9. The van der Waals surface area contributed by atoms with Crippen LogP contribution < -0.4 is 10.7 Å². The molecule has 0 unspecified atom stereocenters. The standard InChI is InChI=1S/C18H16F3N3O2/c1-12(23-24-17(26)13-7-3-2-4-8-13)11-16(25)22-15-10-6-5-9-14(15)18(19,20)21/h2-10H,11H2,1H3,(H,22,25)(H,24,26)/b23-12+. The van der Waals surface area contributed by atoms with Crippen LogP contribution in [0.15, 0.2) is 59.7 Å². The van der Waals surface area contributed by atoms with Crippen molar-refractivity contribution >= 4 is 23.2 Å². The van der Waals surface area contributed by atoms with Crippen LogP contribution in [-0.2, 0) is 11.0 Å². The van der Waals surface area contributed by atoms with Crippen LogP contribution in [0.2, 0.25) is 0 Å². The lowest BCUT2D eigenvalue weighted by molar-refractivity contribution is -0.137. The van der Waals surface area contributed by atoms with E-state index in [-0.39, 0.29) is 17.8 Å². The fourth-order valence-electron chi connectivity index (χ4n) is 2.11. The third kappa shape index (κ3) is 5.44. The largest absolute Gasteiger partial charge is 0.418 e. The predicted molar refractivity (Wildman–Crippen MR) is 91.7 cm³/mol. The molecule has 0 aromatic heterocycles. The number of halogens is 3. The molecule has 0 radical (unpaired) electrons. The van der Waals surface area contributed by atoms with E-state index >= 15 is 0 Å². The van der Waals surface area contributed by atoms with Crippen LogP contribution in [-0.4, -0.2) is 17.5 Å². The Labute approximate surface area is 147 Å². The highest BCUT2D eigenvalue weighted by Gasteiger charge is 2.33. The molecule has 2 aromatic rings. The van der Waals surface area contributed by atoms with Crippen LogP contribution in [0.4, 0.5) is 18.9 Å². The number of alkyl halides is 3. The van der Waals surface area contributed by atoms with Crippen molar-refractivity contribution in [3.8, 4) is 0 Å². The lowest BCUT2D eigenvalue weighted by Crippen LogP contribution is -2.22. The smallest absolute Gasteiger partial charge is 0.325 e. The van der Waals surface area contributed by atoms with Gasteiger partial charge in [0.2, 0.25) is 5.91 Å². The fourth-order valence-corrected chi connectivity index (χ4v) is 2.11. The summed E-state index contributed by atoms with van der Waals surface area (Å²) in [6.45, 7) is 1.49. The highest BCUT2D eigenvalue weighted by molar-refractivity contribution is 6.06. The first-order valence-corrected chi connectivity index (χ1v) is 7.62. The van der Waals surface area contributed by atoms with Crippen LogP contribution in [0, 0.1) is 0 Å². The van der Waals surface area contributed by atoms with Gasteiger partial charge in [0.15, 0.2) is 0 Å². The predicted octanol–water partition coefficient (Wildman–Crippen LogP) is 3.84. The Morgan fingerprint density at radius 3 is 2.27 bits per heavy atom. The zero-order valence-corrected chi connectivity index (χ0v) is 13.8. The van der Waals surface area contributed by atoms with Gasteiger partial charge in [-0.3, -0.25) is 9.59 Å². The monoisotopic (exact) mass is 363 g/mol. The van der Waals surface area contributed by atoms with Crippen molar-refractivity contribution in [2.24, 2.45) is 5.10 Å². The number of nitrogens with zero attached hydrogens (tertiary/aromatic N) is 1. The molecule has 5 nitrogen and oxygen atoms in total. The molecule has 0 aliphatic rings. The van der Waals surface area contributed by atoms with Crippen molar-refractivity contribution in [1.29, 1.82) is 0 Å². The van der Waals surface area contributed by atoms with Gasteiger partial charge in [0.25, 0.3) is 5.91 Å². The zero-order chi connectivity index (χ0) is 19.2. The Morgan fingerprint density at radius 1 is 1.00 bits per heavy atom. The highest BCUT2D eigenvalue weighted by atomic mass is 19.4. The third-order valence-electron chi connectivity index (χ3n) is 3.31. The van der Waals surface area contributed by atoms with Gasteiger partial charge in [0, 0.05) is 11.3 Å². The molecule has 0 spiro atoms. The average molecular weight is 363 g/mol. The number of benzene rings is 2. The lowest BCUT2D eigenvalue weighted by Gasteiger charge is -2.13. The van der Waals surface area contributed by atoms with E-state index in [2.05, 4.69) is 15.8 Å². The van der Waals surface area contributed by atoms with Crippen molar-refractivity contribution in [1.82, 2.24) is 5.43 Å². The molecule has 0 atom stereocenters. The topological polar surface area (TPSA) is 70.6 Å². The van der Waals surface area contributed by atoms with E-state index in [4.69, 9.17) is 0 Å². The summed E-state index contributed by atoms with van der Waals surface area (Å²) >= 11 is 0. The average Bonchev–Trinajstić information content (AvgIpc) is 2.60. The van der Waals surface area contributed by atoms with E-state index < -0.39 is 23.6 Å². The first-order chi connectivity index (χ1) is 12.3. The van der Waals surface area contributed by atoms with Gasteiger partial charge in [0.05, 0.1) is 17.7 Å². The van der Waals surface area contributed by atoms with Gasteiger partial charge in [-0.2, -0.15) is 18.3 Å². The van der Waals surface area contributed by atoms with Crippen LogP contribution in [0.25, 0.3) is 0 Å². The normalized spacial score (nSPS) is 11.8. The molecule has 2 aromatic carbocycles. The molecule has 0 bridgehead atoms. The van der Waals surface area contributed by atoms with Crippen molar-refractivity contribution in [3.63, 3.8) is 0 Å². The molecule has 26 heavy (non-hydrogen) atoms. The number of nitrogens with one attached hydrogen (secondary N) is 2. The molecule has 136 valence electrons. The summed E-state index contributed by atoms with van der Waals surface area (Å²) in [5.41, 5.74) is 1.68. The summed E-state index contributed by atoms with van der Waals surface area (Å²) in [6.07, 6.45) is -4.84. The number of hydrogen-bond acceptors (Lipinski definition) is 3. The molecule has 0 aliphatic heterocycles. The molecule has 2 rings (SSSR count). The van der Waals surface area contributed by atoms with E-state index in [1.807, 2.05) is 0 Å². The van der Waals surface area contributed by atoms with Crippen molar-refractivity contribution in [2.75, 3.05) is 5.32 Å². The maximum Gasteiger partial charge on any atom is 0.418 e. The molecule has 0 saturated heterocycles. The Hall–Kier alpha value is -3.16. The molecule has 2 N–H and O–H groups in total. The highest BCUT2D eigenvalue weighted by Crippen LogP contribution is 2.34. The minimum Gasteiger partial charge on any atom is -0.325 e. The molecule has 8 heteroatoms. The number of amides is 2. The fraction of sp³-hybridized carbons (Fsp3) is 0.167. The second-order valence-electron chi connectivity index (χ2n) is 5.42. The van der Waals surface area contributed by atoms with E-state index in [1.165, 1.54) is 25.1 Å².